The van der Waals surface area contributed by atoms with E-state index >= 15 is 0 Å². The molecule has 3 rings (SSSR count). The molecule has 7 heteroatoms. The molecule has 0 aliphatic heterocycles. The minimum atomic E-state index is -1.06. The minimum absolute atomic E-state index is 0.320. The van der Waals surface area contributed by atoms with E-state index in [-0.39, 0.29) is 0 Å². The van der Waals surface area contributed by atoms with Gasteiger partial charge in [-0.3, -0.25) is 0 Å². The zero-order valence-electron chi connectivity index (χ0n) is 14.9. The largest absolute Gasteiger partial charge is 0.482 e. The van der Waals surface area contributed by atoms with E-state index in [1.54, 1.807) is 6.07 Å². The molecule has 0 aliphatic carbocycles. The molecular weight excluding hydrogens is 434 g/mol. The lowest BCUT2D eigenvalue weighted by atomic mass is 9.98. The number of carbonyl (C=O) groups is 1. The second-order valence-corrected chi connectivity index (χ2v) is 7.52. The molecule has 0 saturated carbocycles. The van der Waals surface area contributed by atoms with E-state index in [9.17, 15) is 4.79 Å². The highest BCUT2D eigenvalue weighted by Crippen LogP contribution is 2.40. The van der Waals surface area contributed by atoms with Crippen molar-refractivity contribution in [1.29, 1.82) is 0 Å². The highest BCUT2D eigenvalue weighted by molar-refractivity contribution is 9.10. The number of halogens is 2. The van der Waals surface area contributed by atoms with Gasteiger partial charge in [0.15, 0.2) is 12.4 Å². The Bertz CT molecular complexity index is 962. The number of carboxylic acids is 1. The van der Waals surface area contributed by atoms with Gasteiger partial charge < -0.3 is 19.6 Å². The number of carboxylic acid groups (broad SMARTS) is 1. The first-order valence-corrected chi connectivity index (χ1v) is 9.68. The molecule has 0 amide bonds. The number of aromatic nitrogens is 1. The summed E-state index contributed by atoms with van der Waals surface area (Å²) in [4.78, 5) is 13.9. The average molecular weight is 453 g/mol. The van der Waals surface area contributed by atoms with E-state index < -0.39 is 12.6 Å². The minimum Gasteiger partial charge on any atom is -0.482 e. The summed E-state index contributed by atoms with van der Waals surface area (Å²) >= 11 is 9.72. The smallest absolute Gasteiger partial charge is 0.341 e. The Kier molecular flexibility index (Phi) is 5.97. The van der Waals surface area contributed by atoms with Crippen molar-refractivity contribution in [1.82, 2.24) is 4.98 Å². The quantitative estimate of drug-likeness (QED) is 0.438. The summed E-state index contributed by atoms with van der Waals surface area (Å²) in [6.45, 7) is 3.92. The van der Waals surface area contributed by atoms with Gasteiger partial charge in [-0.25, -0.2) is 4.79 Å². The zero-order chi connectivity index (χ0) is 19.6. The van der Waals surface area contributed by atoms with Crippen molar-refractivity contribution in [2.75, 3.05) is 6.61 Å². The summed E-state index contributed by atoms with van der Waals surface area (Å²) < 4.78 is 11.7. The predicted molar refractivity (Wildman–Crippen MR) is 109 cm³/mol. The lowest BCUT2D eigenvalue weighted by molar-refractivity contribution is -0.139. The Morgan fingerprint density at radius 1 is 1.30 bits per heavy atom. The maximum atomic E-state index is 10.6. The van der Waals surface area contributed by atoms with E-state index in [1.165, 1.54) is 11.6 Å². The first-order chi connectivity index (χ1) is 12.9. The van der Waals surface area contributed by atoms with E-state index in [0.717, 1.165) is 17.3 Å². The standard InChI is InChI=1S/C20H19BrClNO4/c1-3-11(2)15-9-23-18-5-4-12(6-14(15)18)27-20-16(21)7-13(8-17(20)22)26-10-19(24)25/h4-9,11,23H,3,10H2,1-2H3,(H,24,25). The first-order valence-electron chi connectivity index (χ1n) is 8.51. The fourth-order valence-electron chi connectivity index (χ4n) is 2.79. The Morgan fingerprint density at radius 2 is 2.07 bits per heavy atom. The second kappa shape index (κ2) is 8.23. The molecule has 0 spiro atoms. The van der Waals surface area contributed by atoms with Gasteiger partial charge in [0, 0.05) is 23.2 Å². The molecule has 2 aromatic carbocycles. The molecular formula is C20H19BrClNO4. The van der Waals surface area contributed by atoms with Crippen LogP contribution in [0.5, 0.6) is 17.2 Å². The molecule has 0 bridgehead atoms. The molecule has 1 heterocycles. The third kappa shape index (κ3) is 4.39. The molecule has 1 unspecified atom stereocenters. The van der Waals surface area contributed by atoms with Crippen LogP contribution in [0.15, 0.2) is 41.0 Å². The van der Waals surface area contributed by atoms with E-state index in [2.05, 4.69) is 34.8 Å². The van der Waals surface area contributed by atoms with Gasteiger partial charge in [0.05, 0.1) is 9.50 Å². The van der Waals surface area contributed by atoms with Crippen LogP contribution in [0.4, 0.5) is 0 Å². The summed E-state index contributed by atoms with van der Waals surface area (Å²) in [5.41, 5.74) is 2.31. The van der Waals surface area contributed by atoms with Crippen molar-refractivity contribution in [2.45, 2.75) is 26.2 Å². The molecule has 27 heavy (non-hydrogen) atoms. The summed E-state index contributed by atoms with van der Waals surface area (Å²) in [6.07, 6.45) is 3.09. The molecule has 142 valence electrons. The number of H-pyrrole nitrogens is 1. The number of benzene rings is 2. The lowest BCUT2D eigenvalue weighted by Gasteiger charge is -2.13. The molecule has 3 aromatic rings. The predicted octanol–water partition coefficient (Wildman–Crippen LogP) is 6.35. The number of hydrogen-bond acceptors (Lipinski definition) is 3. The van der Waals surface area contributed by atoms with Gasteiger partial charge in [-0.1, -0.05) is 25.4 Å². The number of rotatable bonds is 7. The van der Waals surface area contributed by atoms with Crippen LogP contribution in [0.2, 0.25) is 5.02 Å². The number of aliphatic carboxylic acids is 1. The number of hydrogen-bond donors (Lipinski definition) is 2. The van der Waals surface area contributed by atoms with Gasteiger partial charge in [0.2, 0.25) is 0 Å². The molecule has 2 N–H and O–H groups in total. The summed E-state index contributed by atoms with van der Waals surface area (Å²) in [7, 11) is 0. The van der Waals surface area contributed by atoms with Crippen LogP contribution in [-0.4, -0.2) is 22.7 Å². The van der Waals surface area contributed by atoms with Crippen molar-refractivity contribution >= 4 is 44.4 Å². The Morgan fingerprint density at radius 3 is 2.74 bits per heavy atom. The van der Waals surface area contributed by atoms with Crippen molar-refractivity contribution in [3.8, 4) is 17.2 Å². The third-order valence-electron chi connectivity index (χ3n) is 4.38. The fraction of sp³-hybridized carbons (Fsp3) is 0.250. The number of fused-ring (bicyclic) bond motifs is 1. The van der Waals surface area contributed by atoms with Gasteiger partial charge in [-0.05, 0) is 58.1 Å². The number of aromatic amines is 1. The van der Waals surface area contributed by atoms with Crippen LogP contribution in [0.25, 0.3) is 10.9 Å². The monoisotopic (exact) mass is 451 g/mol. The summed E-state index contributed by atoms with van der Waals surface area (Å²) in [5, 5.41) is 10.2. The van der Waals surface area contributed by atoms with Crippen molar-refractivity contribution in [2.24, 2.45) is 0 Å². The van der Waals surface area contributed by atoms with Crippen LogP contribution in [0, 0.1) is 0 Å². The van der Waals surface area contributed by atoms with Crippen molar-refractivity contribution in [3.05, 3.63) is 51.6 Å². The highest BCUT2D eigenvalue weighted by Gasteiger charge is 2.14. The molecule has 0 radical (unpaired) electrons. The van der Waals surface area contributed by atoms with Crippen molar-refractivity contribution < 1.29 is 19.4 Å². The Labute approximate surface area is 170 Å². The topological polar surface area (TPSA) is 71.5 Å². The van der Waals surface area contributed by atoms with E-state index in [1.807, 2.05) is 24.4 Å². The van der Waals surface area contributed by atoms with Gasteiger partial charge >= 0.3 is 5.97 Å². The maximum Gasteiger partial charge on any atom is 0.341 e. The third-order valence-corrected chi connectivity index (χ3v) is 5.25. The average Bonchev–Trinajstić information content (AvgIpc) is 3.05. The van der Waals surface area contributed by atoms with Gasteiger partial charge in [0.25, 0.3) is 0 Å². The van der Waals surface area contributed by atoms with Crippen LogP contribution < -0.4 is 9.47 Å². The first kappa shape index (κ1) is 19.6. The number of ether oxygens (including phenoxy) is 2. The van der Waals surface area contributed by atoms with Crippen LogP contribution in [0.1, 0.15) is 31.7 Å². The lowest BCUT2D eigenvalue weighted by Crippen LogP contribution is -2.09. The fourth-order valence-corrected chi connectivity index (χ4v) is 3.68. The summed E-state index contributed by atoms with van der Waals surface area (Å²) in [6, 6.07) is 9.00. The molecule has 0 aliphatic rings. The Balaban J connectivity index is 1.89. The molecule has 1 atom stereocenters. The van der Waals surface area contributed by atoms with E-state index in [4.69, 9.17) is 26.2 Å². The van der Waals surface area contributed by atoms with Crippen LogP contribution >= 0.6 is 27.5 Å². The zero-order valence-corrected chi connectivity index (χ0v) is 17.2. The SMILES string of the molecule is CCC(C)c1c[nH]c2ccc(Oc3c(Cl)cc(OCC(=O)O)cc3Br)cc12. The molecule has 0 fully saturated rings. The highest BCUT2D eigenvalue weighted by atomic mass is 79.9. The van der Waals surface area contributed by atoms with Gasteiger partial charge in [-0.2, -0.15) is 0 Å². The Hall–Kier alpha value is -2.18. The van der Waals surface area contributed by atoms with Crippen LogP contribution in [0.3, 0.4) is 0 Å². The number of nitrogens with one attached hydrogen (secondary N) is 1. The molecule has 0 saturated heterocycles. The maximum absolute atomic E-state index is 10.6. The molecule has 1 aromatic heterocycles. The van der Waals surface area contributed by atoms with Crippen LogP contribution in [-0.2, 0) is 4.79 Å². The second-order valence-electron chi connectivity index (χ2n) is 6.26. The van der Waals surface area contributed by atoms with Gasteiger partial charge in [0.1, 0.15) is 11.5 Å². The summed E-state index contributed by atoms with van der Waals surface area (Å²) in [5.74, 6) is 0.837. The molecule has 5 nitrogen and oxygen atoms in total. The van der Waals surface area contributed by atoms with Crippen molar-refractivity contribution in [3.63, 3.8) is 0 Å². The van der Waals surface area contributed by atoms with E-state index in [0.29, 0.717) is 32.7 Å². The van der Waals surface area contributed by atoms with Gasteiger partial charge in [-0.15, -0.1) is 0 Å². The normalized spacial score (nSPS) is 12.1.